The van der Waals surface area contributed by atoms with Gasteiger partial charge in [0, 0.05) is 5.33 Å². The molecule has 0 unspecified atom stereocenters. The molecule has 0 bridgehead atoms. The second kappa shape index (κ2) is 9.26. The van der Waals surface area contributed by atoms with Crippen LogP contribution in [0.5, 0.6) is 11.5 Å². The Balaban J connectivity index is 2.34. The van der Waals surface area contributed by atoms with Crippen LogP contribution in [0.25, 0.3) is 0 Å². The average molecular weight is 315 g/mol. The molecule has 1 rings (SSSR count). The molecule has 0 radical (unpaired) electrons. The van der Waals surface area contributed by atoms with Crippen molar-refractivity contribution in [1.29, 1.82) is 0 Å². The molecule has 102 valence electrons. The number of halogens is 1. The molecule has 1 aromatic carbocycles. The van der Waals surface area contributed by atoms with E-state index in [1.165, 1.54) is 37.7 Å². The Labute approximate surface area is 119 Å². The molecule has 2 nitrogen and oxygen atoms in total. The van der Waals surface area contributed by atoms with E-state index in [0.29, 0.717) is 0 Å². The van der Waals surface area contributed by atoms with Crippen molar-refractivity contribution >= 4 is 15.9 Å². The van der Waals surface area contributed by atoms with Gasteiger partial charge in [-0.2, -0.15) is 0 Å². The van der Waals surface area contributed by atoms with Crippen LogP contribution in [0.3, 0.4) is 0 Å². The smallest absolute Gasteiger partial charge is 0.160 e. The van der Waals surface area contributed by atoms with E-state index < -0.39 is 0 Å². The summed E-state index contributed by atoms with van der Waals surface area (Å²) in [7, 11) is 3.35. The molecule has 0 N–H and O–H groups in total. The lowest BCUT2D eigenvalue weighted by Crippen LogP contribution is -1.93. The van der Waals surface area contributed by atoms with E-state index in [0.717, 1.165) is 23.2 Å². The van der Waals surface area contributed by atoms with Gasteiger partial charge in [0.1, 0.15) is 0 Å². The number of ether oxygens (including phenoxy) is 2. The summed E-state index contributed by atoms with van der Waals surface area (Å²) in [6, 6.07) is 6.19. The van der Waals surface area contributed by atoms with Crippen molar-refractivity contribution in [2.75, 3.05) is 19.5 Å². The Morgan fingerprint density at radius 3 is 2.22 bits per heavy atom. The normalized spacial score (nSPS) is 10.4. The molecule has 0 saturated heterocycles. The third kappa shape index (κ3) is 5.30. The molecule has 3 heteroatoms. The highest BCUT2D eigenvalue weighted by Crippen LogP contribution is 2.28. The van der Waals surface area contributed by atoms with Gasteiger partial charge in [0.2, 0.25) is 0 Å². The van der Waals surface area contributed by atoms with E-state index in [4.69, 9.17) is 9.47 Å². The Kier molecular flexibility index (Phi) is 7.90. The molecule has 1 aromatic rings. The summed E-state index contributed by atoms with van der Waals surface area (Å²) < 4.78 is 10.5. The van der Waals surface area contributed by atoms with Crippen molar-refractivity contribution in [1.82, 2.24) is 0 Å². The van der Waals surface area contributed by atoms with Gasteiger partial charge in [-0.05, 0) is 37.0 Å². The zero-order chi connectivity index (χ0) is 13.2. The maximum Gasteiger partial charge on any atom is 0.160 e. The second-order valence-electron chi connectivity index (χ2n) is 4.40. The zero-order valence-electron chi connectivity index (χ0n) is 11.4. The quantitative estimate of drug-likeness (QED) is 0.490. The van der Waals surface area contributed by atoms with Crippen LogP contribution in [0, 0.1) is 0 Å². The highest BCUT2D eigenvalue weighted by Gasteiger charge is 2.04. The van der Waals surface area contributed by atoms with Gasteiger partial charge < -0.3 is 9.47 Å². The van der Waals surface area contributed by atoms with Crippen LogP contribution in [0.4, 0.5) is 0 Å². The minimum atomic E-state index is 0.804. The molecule has 0 spiro atoms. The fourth-order valence-corrected chi connectivity index (χ4v) is 2.39. The first-order valence-corrected chi connectivity index (χ1v) is 7.71. The van der Waals surface area contributed by atoms with E-state index in [1.54, 1.807) is 14.2 Å². The number of methoxy groups -OCH3 is 2. The summed E-state index contributed by atoms with van der Waals surface area (Å²) in [6.07, 6.45) is 7.63. The van der Waals surface area contributed by atoms with Gasteiger partial charge in [-0.15, -0.1) is 0 Å². The third-order valence-electron chi connectivity index (χ3n) is 3.05. The largest absolute Gasteiger partial charge is 0.493 e. The van der Waals surface area contributed by atoms with E-state index in [9.17, 15) is 0 Å². The van der Waals surface area contributed by atoms with Gasteiger partial charge >= 0.3 is 0 Å². The molecular formula is C15H23BrO2. The number of hydrogen-bond donors (Lipinski definition) is 0. The van der Waals surface area contributed by atoms with Crippen LogP contribution in [0.15, 0.2) is 18.2 Å². The van der Waals surface area contributed by atoms with Gasteiger partial charge in [0.05, 0.1) is 14.2 Å². The molecule has 0 aliphatic carbocycles. The van der Waals surface area contributed by atoms with E-state index in [-0.39, 0.29) is 0 Å². The van der Waals surface area contributed by atoms with Crippen molar-refractivity contribution in [3.05, 3.63) is 23.8 Å². The van der Waals surface area contributed by atoms with Crippen LogP contribution >= 0.6 is 15.9 Å². The van der Waals surface area contributed by atoms with Crippen molar-refractivity contribution in [2.45, 2.75) is 38.5 Å². The summed E-state index contributed by atoms with van der Waals surface area (Å²) in [6.45, 7) is 0. The number of unbranched alkanes of at least 4 members (excludes halogenated alkanes) is 4. The third-order valence-corrected chi connectivity index (χ3v) is 3.61. The van der Waals surface area contributed by atoms with Gasteiger partial charge in [-0.3, -0.25) is 0 Å². The molecule has 0 aliphatic rings. The molecule has 0 saturated carbocycles. The summed E-state index contributed by atoms with van der Waals surface area (Å²) in [5, 5.41) is 1.13. The van der Waals surface area contributed by atoms with Crippen LogP contribution in [0.1, 0.15) is 37.7 Å². The van der Waals surface area contributed by atoms with Crippen LogP contribution in [0.2, 0.25) is 0 Å². The summed E-state index contributed by atoms with van der Waals surface area (Å²) >= 11 is 3.46. The lowest BCUT2D eigenvalue weighted by molar-refractivity contribution is 0.354. The number of alkyl halides is 1. The number of rotatable bonds is 9. The van der Waals surface area contributed by atoms with Crippen LogP contribution in [-0.4, -0.2) is 19.5 Å². The van der Waals surface area contributed by atoms with Gasteiger partial charge in [0.25, 0.3) is 0 Å². The lowest BCUT2D eigenvalue weighted by Gasteiger charge is -2.09. The first-order valence-electron chi connectivity index (χ1n) is 6.58. The molecular weight excluding hydrogens is 292 g/mol. The molecule has 18 heavy (non-hydrogen) atoms. The minimum Gasteiger partial charge on any atom is -0.493 e. The molecule has 0 amide bonds. The Hall–Kier alpha value is -0.700. The van der Waals surface area contributed by atoms with Crippen molar-refractivity contribution < 1.29 is 9.47 Å². The van der Waals surface area contributed by atoms with E-state index in [1.807, 2.05) is 6.07 Å². The molecule has 0 fully saturated rings. The first-order chi connectivity index (χ1) is 8.81. The van der Waals surface area contributed by atoms with E-state index >= 15 is 0 Å². The average Bonchev–Trinajstić information content (AvgIpc) is 2.42. The minimum absolute atomic E-state index is 0.804. The second-order valence-corrected chi connectivity index (χ2v) is 5.19. The van der Waals surface area contributed by atoms with Crippen LogP contribution in [-0.2, 0) is 6.42 Å². The van der Waals surface area contributed by atoms with Crippen molar-refractivity contribution in [3.63, 3.8) is 0 Å². The highest BCUT2D eigenvalue weighted by atomic mass is 79.9. The van der Waals surface area contributed by atoms with Gasteiger partial charge in [0.15, 0.2) is 11.5 Å². The van der Waals surface area contributed by atoms with Crippen molar-refractivity contribution in [3.8, 4) is 11.5 Å². The fraction of sp³-hybridized carbons (Fsp3) is 0.600. The predicted molar refractivity (Wildman–Crippen MR) is 80.1 cm³/mol. The van der Waals surface area contributed by atoms with Crippen LogP contribution < -0.4 is 9.47 Å². The number of hydrogen-bond acceptors (Lipinski definition) is 2. The zero-order valence-corrected chi connectivity index (χ0v) is 13.0. The highest BCUT2D eigenvalue weighted by molar-refractivity contribution is 9.09. The maximum absolute atomic E-state index is 5.31. The topological polar surface area (TPSA) is 18.5 Å². The SMILES string of the molecule is COc1ccc(CCCCCCCBr)cc1OC. The Morgan fingerprint density at radius 1 is 0.889 bits per heavy atom. The fourth-order valence-electron chi connectivity index (χ4n) is 1.99. The number of benzene rings is 1. The monoisotopic (exact) mass is 314 g/mol. The first kappa shape index (κ1) is 15.4. The summed E-state index contributed by atoms with van der Waals surface area (Å²) in [5.41, 5.74) is 1.33. The van der Waals surface area contributed by atoms with Gasteiger partial charge in [-0.25, -0.2) is 0 Å². The predicted octanol–water partition coefficient (Wildman–Crippen LogP) is 4.59. The molecule has 0 aliphatic heterocycles. The Bertz CT molecular complexity index is 339. The summed E-state index contributed by atoms with van der Waals surface area (Å²) in [5.74, 6) is 1.63. The summed E-state index contributed by atoms with van der Waals surface area (Å²) in [4.78, 5) is 0. The maximum atomic E-state index is 5.31. The molecule has 0 heterocycles. The van der Waals surface area contributed by atoms with E-state index in [2.05, 4.69) is 28.1 Å². The van der Waals surface area contributed by atoms with Crippen molar-refractivity contribution in [2.24, 2.45) is 0 Å². The molecule has 0 atom stereocenters. The van der Waals surface area contributed by atoms with Gasteiger partial charge in [-0.1, -0.05) is 41.3 Å². The standard InChI is InChI=1S/C15H23BrO2/c1-17-14-10-9-13(12-15(14)18-2)8-6-4-3-5-7-11-16/h9-10,12H,3-8,11H2,1-2H3. The number of aryl methyl sites for hydroxylation is 1. The Morgan fingerprint density at radius 2 is 1.56 bits per heavy atom. The molecule has 0 aromatic heterocycles. The lowest BCUT2D eigenvalue weighted by atomic mass is 10.1.